The molecule has 0 aliphatic rings. The summed E-state index contributed by atoms with van der Waals surface area (Å²) < 4.78 is 14.2. The summed E-state index contributed by atoms with van der Waals surface area (Å²) in [5.74, 6) is -0.199. The quantitative estimate of drug-likeness (QED) is 0.736. The van der Waals surface area contributed by atoms with Crippen LogP contribution in [0.4, 0.5) is 4.39 Å². The molecule has 1 unspecified atom stereocenters. The number of rotatable bonds is 6. The van der Waals surface area contributed by atoms with E-state index in [1.807, 2.05) is 0 Å². The molecule has 0 bridgehead atoms. The zero-order chi connectivity index (χ0) is 15.2. The fourth-order valence-corrected chi connectivity index (χ4v) is 2.78. The van der Waals surface area contributed by atoms with Gasteiger partial charge in [0.1, 0.15) is 5.82 Å². The maximum Gasteiger partial charge on any atom is 0.123 e. The average molecular weight is 350 g/mol. The summed E-state index contributed by atoms with van der Waals surface area (Å²) in [7, 11) is 0. The Bertz CT molecular complexity index is 580. The number of nitrogens with one attached hydrogen (secondary N) is 1. The van der Waals surface area contributed by atoms with E-state index < -0.39 is 0 Å². The molecule has 0 spiro atoms. The number of hydrogen-bond donors (Lipinski definition) is 1. The van der Waals surface area contributed by atoms with Crippen LogP contribution in [0.15, 0.2) is 46.9 Å². The van der Waals surface area contributed by atoms with E-state index in [0.29, 0.717) is 6.54 Å². The molecule has 3 heteroatoms. The molecular formula is C18H21BrFN. The fourth-order valence-electron chi connectivity index (χ4n) is 2.40. The summed E-state index contributed by atoms with van der Waals surface area (Å²) in [6.45, 7) is 4.96. The Kier molecular flexibility index (Phi) is 5.95. The minimum Gasteiger partial charge on any atom is -0.306 e. The Hall–Kier alpha value is -1.19. The van der Waals surface area contributed by atoms with Crippen molar-refractivity contribution < 1.29 is 4.39 Å². The van der Waals surface area contributed by atoms with Gasteiger partial charge in [-0.3, -0.25) is 0 Å². The predicted octanol–water partition coefficient (Wildman–Crippen LogP) is 5.39. The third-order valence-corrected chi connectivity index (χ3v) is 4.52. The minimum absolute atomic E-state index is 0.199. The summed E-state index contributed by atoms with van der Waals surface area (Å²) in [6, 6.07) is 13.8. The van der Waals surface area contributed by atoms with Gasteiger partial charge >= 0.3 is 0 Å². The molecule has 2 aromatic rings. The van der Waals surface area contributed by atoms with E-state index in [1.165, 1.54) is 17.2 Å². The minimum atomic E-state index is -0.199. The molecule has 1 atom stereocenters. The third kappa shape index (κ3) is 4.39. The molecule has 0 saturated carbocycles. The van der Waals surface area contributed by atoms with Crippen LogP contribution in [0.1, 0.15) is 43.0 Å². The number of hydrogen-bond acceptors (Lipinski definition) is 1. The van der Waals surface area contributed by atoms with E-state index in [4.69, 9.17) is 0 Å². The summed E-state index contributed by atoms with van der Waals surface area (Å²) >= 11 is 3.47. The lowest BCUT2D eigenvalue weighted by Gasteiger charge is -2.18. The molecule has 0 aromatic heterocycles. The Morgan fingerprint density at radius 3 is 2.43 bits per heavy atom. The molecule has 2 rings (SSSR count). The Morgan fingerprint density at radius 2 is 1.81 bits per heavy atom. The van der Waals surface area contributed by atoms with E-state index in [1.54, 1.807) is 12.1 Å². The highest BCUT2D eigenvalue weighted by Crippen LogP contribution is 2.21. The van der Waals surface area contributed by atoms with Crippen LogP contribution >= 0.6 is 15.9 Å². The summed E-state index contributed by atoms with van der Waals surface area (Å²) in [5, 5.41) is 3.51. The molecular weight excluding hydrogens is 329 g/mol. The number of halogens is 2. The highest BCUT2D eigenvalue weighted by molar-refractivity contribution is 9.10. The van der Waals surface area contributed by atoms with Crippen LogP contribution in [-0.2, 0) is 13.0 Å². The van der Waals surface area contributed by atoms with Crippen LogP contribution in [-0.4, -0.2) is 0 Å². The largest absolute Gasteiger partial charge is 0.306 e. The normalized spacial score (nSPS) is 12.4. The van der Waals surface area contributed by atoms with Crippen molar-refractivity contribution in [3.05, 3.63) is 69.4 Å². The van der Waals surface area contributed by atoms with Gasteiger partial charge in [-0.1, -0.05) is 54.0 Å². The molecule has 1 nitrogen and oxygen atoms in total. The molecule has 1 N–H and O–H groups in total. The van der Waals surface area contributed by atoms with Crippen LogP contribution in [0.25, 0.3) is 0 Å². The first-order chi connectivity index (χ1) is 10.1. The second-order valence-corrected chi connectivity index (χ2v) is 6.03. The predicted molar refractivity (Wildman–Crippen MR) is 89.8 cm³/mol. The van der Waals surface area contributed by atoms with Gasteiger partial charge in [0.05, 0.1) is 0 Å². The molecule has 0 aliphatic heterocycles. The first-order valence-electron chi connectivity index (χ1n) is 7.40. The third-order valence-electron chi connectivity index (χ3n) is 3.75. The molecule has 2 aromatic carbocycles. The lowest BCUT2D eigenvalue weighted by atomic mass is 10.0. The summed E-state index contributed by atoms with van der Waals surface area (Å²) in [4.78, 5) is 0. The van der Waals surface area contributed by atoms with Gasteiger partial charge < -0.3 is 5.32 Å². The highest BCUT2D eigenvalue weighted by atomic mass is 79.9. The van der Waals surface area contributed by atoms with Crippen LogP contribution < -0.4 is 5.32 Å². The molecule has 21 heavy (non-hydrogen) atoms. The van der Waals surface area contributed by atoms with Gasteiger partial charge in [0.15, 0.2) is 0 Å². The van der Waals surface area contributed by atoms with Crippen LogP contribution in [0.5, 0.6) is 0 Å². The van der Waals surface area contributed by atoms with Crippen molar-refractivity contribution in [3.8, 4) is 0 Å². The van der Waals surface area contributed by atoms with Crippen molar-refractivity contribution in [1.29, 1.82) is 0 Å². The first kappa shape index (κ1) is 16.2. The van der Waals surface area contributed by atoms with Crippen LogP contribution in [0.2, 0.25) is 0 Å². The molecule has 0 aliphatic carbocycles. The standard InChI is InChI=1S/C18H21BrFN/c1-3-13-5-7-14(8-6-13)18(4-2)21-12-15-11-16(20)9-10-17(15)19/h5-11,18,21H,3-4,12H2,1-2H3. The van der Waals surface area contributed by atoms with Crippen molar-refractivity contribution >= 4 is 15.9 Å². The van der Waals surface area contributed by atoms with Gasteiger partial charge in [-0.2, -0.15) is 0 Å². The van der Waals surface area contributed by atoms with Gasteiger partial charge in [-0.25, -0.2) is 4.39 Å². The van der Waals surface area contributed by atoms with E-state index in [9.17, 15) is 4.39 Å². The Balaban J connectivity index is 2.06. The van der Waals surface area contributed by atoms with Crippen molar-refractivity contribution in [3.63, 3.8) is 0 Å². The monoisotopic (exact) mass is 349 g/mol. The zero-order valence-corrected chi connectivity index (χ0v) is 14.1. The Labute approximate surface area is 134 Å². The van der Waals surface area contributed by atoms with Crippen molar-refractivity contribution in [2.75, 3.05) is 0 Å². The Morgan fingerprint density at radius 1 is 1.10 bits per heavy atom. The van der Waals surface area contributed by atoms with Crippen molar-refractivity contribution in [2.45, 2.75) is 39.3 Å². The van der Waals surface area contributed by atoms with Gasteiger partial charge in [0.25, 0.3) is 0 Å². The molecule has 0 heterocycles. The van der Waals surface area contributed by atoms with Gasteiger partial charge in [0, 0.05) is 17.1 Å². The van der Waals surface area contributed by atoms with Gasteiger partial charge in [0.2, 0.25) is 0 Å². The van der Waals surface area contributed by atoms with E-state index >= 15 is 0 Å². The second kappa shape index (κ2) is 7.71. The topological polar surface area (TPSA) is 12.0 Å². The van der Waals surface area contributed by atoms with E-state index in [0.717, 1.165) is 22.9 Å². The molecule has 0 saturated heterocycles. The molecule has 0 amide bonds. The zero-order valence-electron chi connectivity index (χ0n) is 12.5. The van der Waals surface area contributed by atoms with E-state index in [2.05, 4.69) is 59.4 Å². The van der Waals surface area contributed by atoms with Gasteiger partial charge in [-0.05, 0) is 47.7 Å². The van der Waals surface area contributed by atoms with Crippen LogP contribution in [0, 0.1) is 5.82 Å². The number of aryl methyl sites for hydroxylation is 1. The average Bonchev–Trinajstić information content (AvgIpc) is 2.51. The highest BCUT2D eigenvalue weighted by Gasteiger charge is 2.10. The summed E-state index contributed by atoms with van der Waals surface area (Å²) in [6.07, 6.45) is 2.05. The maximum absolute atomic E-state index is 13.3. The van der Waals surface area contributed by atoms with Gasteiger partial charge in [-0.15, -0.1) is 0 Å². The van der Waals surface area contributed by atoms with Crippen molar-refractivity contribution in [2.24, 2.45) is 0 Å². The van der Waals surface area contributed by atoms with Crippen molar-refractivity contribution in [1.82, 2.24) is 5.32 Å². The first-order valence-corrected chi connectivity index (χ1v) is 8.19. The fraction of sp³-hybridized carbons (Fsp3) is 0.333. The molecule has 0 fully saturated rings. The molecule has 112 valence electrons. The lowest BCUT2D eigenvalue weighted by Crippen LogP contribution is -2.20. The second-order valence-electron chi connectivity index (χ2n) is 5.17. The smallest absolute Gasteiger partial charge is 0.123 e. The number of benzene rings is 2. The maximum atomic E-state index is 13.3. The van der Waals surface area contributed by atoms with E-state index in [-0.39, 0.29) is 11.9 Å². The van der Waals surface area contributed by atoms with Crippen LogP contribution in [0.3, 0.4) is 0 Å². The lowest BCUT2D eigenvalue weighted by molar-refractivity contribution is 0.516. The molecule has 0 radical (unpaired) electrons. The SMILES string of the molecule is CCc1ccc(C(CC)NCc2cc(F)ccc2Br)cc1. The summed E-state index contributed by atoms with van der Waals surface area (Å²) in [5.41, 5.74) is 3.57.